The lowest BCUT2D eigenvalue weighted by Crippen LogP contribution is -2.38. The first kappa shape index (κ1) is 16.8. The van der Waals surface area contributed by atoms with E-state index in [2.05, 4.69) is 41.0 Å². The number of nitrogens with zero attached hydrogens (tertiary/aromatic N) is 2. The van der Waals surface area contributed by atoms with Gasteiger partial charge in [-0.2, -0.15) is 11.3 Å². The second kappa shape index (κ2) is 8.79. The van der Waals surface area contributed by atoms with Gasteiger partial charge >= 0.3 is 0 Å². The van der Waals surface area contributed by atoms with Gasteiger partial charge in [0.15, 0.2) is 5.96 Å². The van der Waals surface area contributed by atoms with Crippen molar-refractivity contribution in [2.45, 2.75) is 32.7 Å². The van der Waals surface area contributed by atoms with Crippen molar-refractivity contribution in [1.82, 2.24) is 10.2 Å². The van der Waals surface area contributed by atoms with E-state index in [9.17, 15) is 0 Å². The highest BCUT2D eigenvalue weighted by Crippen LogP contribution is 2.32. The van der Waals surface area contributed by atoms with Crippen LogP contribution in [0.25, 0.3) is 0 Å². The van der Waals surface area contributed by atoms with Gasteiger partial charge < -0.3 is 10.2 Å². The lowest BCUT2D eigenvalue weighted by atomic mass is 10.3. The van der Waals surface area contributed by atoms with Crippen molar-refractivity contribution in [2.24, 2.45) is 10.9 Å². The molecular formula is C14H24IN3S. The molecule has 0 aromatic carbocycles. The first-order chi connectivity index (χ1) is 8.79. The van der Waals surface area contributed by atoms with Crippen LogP contribution in [0.5, 0.6) is 0 Å². The van der Waals surface area contributed by atoms with Gasteiger partial charge in [-0.3, -0.25) is 4.99 Å². The van der Waals surface area contributed by atoms with E-state index in [0.29, 0.717) is 0 Å². The summed E-state index contributed by atoms with van der Waals surface area (Å²) in [5, 5.41) is 7.69. The third-order valence-electron chi connectivity index (χ3n) is 3.19. The zero-order chi connectivity index (χ0) is 12.8. The van der Waals surface area contributed by atoms with E-state index >= 15 is 0 Å². The highest BCUT2D eigenvalue weighted by molar-refractivity contribution is 14.0. The third kappa shape index (κ3) is 6.12. The van der Waals surface area contributed by atoms with Crippen LogP contribution in [0.3, 0.4) is 0 Å². The topological polar surface area (TPSA) is 27.6 Å². The molecule has 1 saturated carbocycles. The molecule has 0 amide bonds. The molecule has 1 aromatic heterocycles. The maximum absolute atomic E-state index is 4.71. The maximum Gasteiger partial charge on any atom is 0.193 e. The lowest BCUT2D eigenvalue weighted by molar-refractivity contribution is 0.477. The van der Waals surface area contributed by atoms with E-state index in [1.54, 1.807) is 11.3 Å². The van der Waals surface area contributed by atoms with Crippen molar-refractivity contribution in [2.75, 3.05) is 20.1 Å². The van der Waals surface area contributed by atoms with Crippen molar-refractivity contribution >= 4 is 41.3 Å². The van der Waals surface area contributed by atoms with Gasteiger partial charge in [-0.05, 0) is 41.7 Å². The molecule has 1 N–H and O–H groups in total. The van der Waals surface area contributed by atoms with Crippen LogP contribution < -0.4 is 5.32 Å². The van der Waals surface area contributed by atoms with Crippen LogP contribution in [0.15, 0.2) is 21.8 Å². The summed E-state index contributed by atoms with van der Waals surface area (Å²) in [4.78, 5) is 6.92. The molecule has 0 spiro atoms. The van der Waals surface area contributed by atoms with Gasteiger partial charge in [-0.1, -0.05) is 12.8 Å². The number of nitrogens with one attached hydrogen (secondary N) is 1. The van der Waals surface area contributed by atoms with Crippen LogP contribution in [0, 0.1) is 5.92 Å². The Balaban J connectivity index is 0.00000180. The van der Waals surface area contributed by atoms with Gasteiger partial charge in [-0.15, -0.1) is 24.0 Å². The molecule has 19 heavy (non-hydrogen) atoms. The summed E-state index contributed by atoms with van der Waals surface area (Å²) < 4.78 is 0. The van der Waals surface area contributed by atoms with Crippen LogP contribution in [-0.2, 0) is 6.54 Å². The number of aliphatic imine (C=N–C) groups is 1. The molecule has 1 fully saturated rings. The number of guanidine groups is 1. The van der Waals surface area contributed by atoms with Crippen molar-refractivity contribution in [3.05, 3.63) is 22.4 Å². The maximum atomic E-state index is 4.71. The van der Waals surface area contributed by atoms with Crippen LogP contribution in [0.1, 0.15) is 31.7 Å². The molecule has 0 aliphatic heterocycles. The predicted molar refractivity (Wildman–Crippen MR) is 94.5 cm³/mol. The molecule has 0 unspecified atom stereocenters. The summed E-state index contributed by atoms with van der Waals surface area (Å²) in [5.41, 5.74) is 1.36. The molecule has 3 nitrogen and oxygen atoms in total. The van der Waals surface area contributed by atoms with Gasteiger partial charge in [0.2, 0.25) is 0 Å². The van der Waals surface area contributed by atoms with Crippen molar-refractivity contribution < 1.29 is 0 Å². The minimum Gasteiger partial charge on any atom is -0.357 e. The fourth-order valence-corrected chi connectivity index (χ4v) is 2.62. The molecule has 0 radical (unpaired) electrons. The predicted octanol–water partition coefficient (Wildman–Crippen LogP) is 3.56. The SMILES string of the molecule is CCNC(=NCCC1CC1)N(C)Cc1ccsc1.I. The number of rotatable bonds is 6. The molecule has 1 aliphatic carbocycles. The monoisotopic (exact) mass is 393 g/mol. The summed E-state index contributed by atoms with van der Waals surface area (Å²) in [6.45, 7) is 4.94. The second-order valence-corrected chi connectivity index (χ2v) is 5.74. The molecule has 1 aliphatic rings. The summed E-state index contributed by atoms with van der Waals surface area (Å²) in [7, 11) is 2.11. The molecule has 0 atom stereocenters. The zero-order valence-electron chi connectivity index (χ0n) is 11.8. The fourth-order valence-electron chi connectivity index (χ4n) is 1.96. The standard InChI is InChI=1S/C14H23N3S.HI/c1-3-15-14(16-8-6-12-4-5-12)17(2)10-13-7-9-18-11-13;/h7,9,11-12H,3-6,8,10H2,1-2H3,(H,15,16);1H. The Morgan fingerprint density at radius 2 is 2.32 bits per heavy atom. The first-order valence-electron chi connectivity index (χ1n) is 6.80. The molecule has 0 saturated heterocycles. The first-order valence-corrected chi connectivity index (χ1v) is 7.74. The molecule has 5 heteroatoms. The van der Waals surface area contributed by atoms with E-state index in [-0.39, 0.29) is 24.0 Å². The third-order valence-corrected chi connectivity index (χ3v) is 3.92. The quantitative estimate of drug-likeness (QED) is 0.455. The van der Waals surface area contributed by atoms with Gasteiger partial charge in [0, 0.05) is 26.7 Å². The van der Waals surface area contributed by atoms with E-state index in [1.807, 2.05) is 0 Å². The molecular weight excluding hydrogens is 369 g/mol. The summed E-state index contributed by atoms with van der Waals surface area (Å²) >= 11 is 1.75. The second-order valence-electron chi connectivity index (χ2n) is 4.96. The largest absolute Gasteiger partial charge is 0.357 e. The van der Waals surface area contributed by atoms with Crippen molar-refractivity contribution in [3.63, 3.8) is 0 Å². The van der Waals surface area contributed by atoms with E-state index < -0.39 is 0 Å². The minimum atomic E-state index is 0. The van der Waals surface area contributed by atoms with Gasteiger partial charge in [0.25, 0.3) is 0 Å². The van der Waals surface area contributed by atoms with Gasteiger partial charge in [-0.25, -0.2) is 0 Å². The van der Waals surface area contributed by atoms with Crippen LogP contribution in [-0.4, -0.2) is 31.0 Å². The van der Waals surface area contributed by atoms with Crippen molar-refractivity contribution in [3.8, 4) is 0 Å². The summed E-state index contributed by atoms with van der Waals surface area (Å²) in [5.74, 6) is 1.99. The molecule has 1 aromatic rings. The Hall–Kier alpha value is -0.300. The van der Waals surface area contributed by atoms with E-state index in [4.69, 9.17) is 4.99 Å². The average molecular weight is 393 g/mol. The lowest BCUT2D eigenvalue weighted by Gasteiger charge is -2.21. The number of hydrogen-bond acceptors (Lipinski definition) is 2. The Labute approximate surface area is 137 Å². The number of hydrogen-bond donors (Lipinski definition) is 1. The normalized spacial score (nSPS) is 14.9. The fraction of sp³-hybridized carbons (Fsp3) is 0.643. The van der Waals surface area contributed by atoms with Gasteiger partial charge in [0.1, 0.15) is 0 Å². The molecule has 1 heterocycles. The smallest absolute Gasteiger partial charge is 0.193 e. The zero-order valence-corrected chi connectivity index (χ0v) is 14.9. The number of thiophene rings is 1. The molecule has 0 bridgehead atoms. The van der Waals surface area contributed by atoms with Crippen molar-refractivity contribution in [1.29, 1.82) is 0 Å². The molecule has 2 rings (SSSR count). The summed E-state index contributed by atoms with van der Waals surface area (Å²) in [6, 6.07) is 2.18. The molecule has 108 valence electrons. The Bertz CT molecular complexity index is 374. The van der Waals surface area contributed by atoms with E-state index in [0.717, 1.165) is 31.5 Å². The highest BCUT2D eigenvalue weighted by atomic mass is 127. The van der Waals surface area contributed by atoms with Crippen LogP contribution in [0.2, 0.25) is 0 Å². The average Bonchev–Trinajstić information content (AvgIpc) is 3.04. The Morgan fingerprint density at radius 1 is 1.53 bits per heavy atom. The van der Waals surface area contributed by atoms with Crippen LogP contribution >= 0.6 is 35.3 Å². The Morgan fingerprint density at radius 3 is 2.89 bits per heavy atom. The minimum absolute atomic E-state index is 0. The van der Waals surface area contributed by atoms with Crippen LogP contribution in [0.4, 0.5) is 0 Å². The summed E-state index contributed by atoms with van der Waals surface area (Å²) in [6.07, 6.45) is 4.08. The Kier molecular flexibility index (Phi) is 7.75. The number of halogens is 1. The highest BCUT2D eigenvalue weighted by Gasteiger charge is 2.20. The van der Waals surface area contributed by atoms with Gasteiger partial charge in [0.05, 0.1) is 0 Å². The van der Waals surface area contributed by atoms with E-state index in [1.165, 1.54) is 24.8 Å².